The lowest BCUT2D eigenvalue weighted by molar-refractivity contribution is -0.142. The second kappa shape index (κ2) is 11.4. The number of aryl methyl sites for hydroxylation is 2. The highest BCUT2D eigenvalue weighted by molar-refractivity contribution is 7.91. The number of hydrogen-bond donors (Lipinski definition) is 2. The van der Waals surface area contributed by atoms with Crippen LogP contribution in [-0.2, 0) is 21.1 Å². The molecular weight excluding hydrogens is 587 g/mol. The smallest absolute Gasteiger partial charge is 0.306 e. The molecule has 1 aliphatic carbocycles. The van der Waals surface area contributed by atoms with E-state index < -0.39 is 33.4 Å². The molecule has 6 rings (SSSR count). The van der Waals surface area contributed by atoms with Gasteiger partial charge < -0.3 is 24.4 Å². The number of carboxylic acids is 1. The molecule has 3 aliphatic rings. The number of benzene rings is 3. The predicted octanol–water partition coefficient (Wildman–Crippen LogP) is 5.69. The number of halogens is 1. The van der Waals surface area contributed by atoms with Crippen LogP contribution in [0.5, 0.6) is 17.2 Å². The lowest BCUT2D eigenvalue weighted by atomic mass is 9.89. The molecule has 8 nitrogen and oxygen atoms in total. The monoisotopic (exact) mass is 624 g/mol. The van der Waals surface area contributed by atoms with Crippen molar-refractivity contribution in [3.05, 3.63) is 76.1 Å². The summed E-state index contributed by atoms with van der Waals surface area (Å²) in [7, 11) is -3.10. The van der Waals surface area contributed by atoms with Crippen molar-refractivity contribution < 1.29 is 42.0 Å². The molecule has 0 spiro atoms. The fraction of sp³-hybridized carbons (Fsp3) is 0.441. The molecule has 3 aromatic carbocycles. The van der Waals surface area contributed by atoms with Gasteiger partial charge in [0.15, 0.2) is 9.84 Å². The summed E-state index contributed by atoms with van der Waals surface area (Å²) in [4.78, 5) is 11.5. The Morgan fingerprint density at radius 1 is 1.09 bits per heavy atom. The predicted molar refractivity (Wildman–Crippen MR) is 163 cm³/mol. The van der Waals surface area contributed by atoms with Gasteiger partial charge in [-0.05, 0) is 91.6 Å². The minimum Gasteiger partial charge on any atom is -0.492 e. The molecule has 0 aromatic heterocycles. The van der Waals surface area contributed by atoms with Crippen molar-refractivity contribution in [1.29, 1.82) is 0 Å². The molecule has 2 N–H and O–H groups in total. The number of ether oxygens (including phenoxy) is 3. The molecule has 1 unspecified atom stereocenters. The normalized spacial score (nSPS) is 22.0. The maximum absolute atomic E-state index is 15.4. The zero-order valence-electron chi connectivity index (χ0n) is 25.1. The Labute approximate surface area is 256 Å². The van der Waals surface area contributed by atoms with Gasteiger partial charge in [-0.15, -0.1) is 0 Å². The third-order valence-electron chi connectivity index (χ3n) is 9.40. The molecule has 234 valence electrons. The number of fused-ring (bicyclic) bond motifs is 2. The maximum Gasteiger partial charge on any atom is 0.306 e. The van der Waals surface area contributed by atoms with Crippen LogP contribution < -0.4 is 14.2 Å². The van der Waals surface area contributed by atoms with Gasteiger partial charge in [0, 0.05) is 23.1 Å². The van der Waals surface area contributed by atoms with Crippen LogP contribution in [0.3, 0.4) is 0 Å². The van der Waals surface area contributed by atoms with Gasteiger partial charge in [0.2, 0.25) is 0 Å². The summed E-state index contributed by atoms with van der Waals surface area (Å²) in [6.07, 6.45) is 1.06. The molecule has 3 atom stereocenters. The lowest BCUT2D eigenvalue weighted by Crippen LogP contribution is -2.43. The summed E-state index contributed by atoms with van der Waals surface area (Å²) in [5.41, 5.74) is 4.91. The van der Waals surface area contributed by atoms with Crippen molar-refractivity contribution in [3.63, 3.8) is 0 Å². The van der Waals surface area contributed by atoms with Crippen LogP contribution in [-0.4, -0.2) is 54.9 Å². The lowest BCUT2D eigenvalue weighted by Gasteiger charge is -2.31. The SMILES string of the molecule is Cc1cc(OCC2(O)CCS(=O)(=O)CC2)cc(C)c1-c1ccc(F)c2c1CC[C@H]2Oc1ccc2c(c1)OC[C@H]2C(C)C(=O)O. The standard InChI is InChI=1S/C34H37FO8S/c1-19-14-23(42-18-34(38)10-12-44(39,40)13-11-34)15-20(2)31(19)25-6-8-28(35)32-26(25)7-9-29(32)43-22-4-5-24-27(21(3)33(36)37)17-41-30(24)16-22/h4-6,8,14-16,21,27,29,38H,7,9-13,17-18H2,1-3H3,(H,36,37)/t21?,27-,29+/m0/s1. The first-order chi connectivity index (χ1) is 20.8. The van der Waals surface area contributed by atoms with Gasteiger partial charge in [-0.25, -0.2) is 12.8 Å². The third-order valence-corrected chi connectivity index (χ3v) is 11.0. The fourth-order valence-corrected chi connectivity index (χ4v) is 8.36. The van der Waals surface area contributed by atoms with Gasteiger partial charge in [0.05, 0.1) is 24.0 Å². The summed E-state index contributed by atoms with van der Waals surface area (Å²) in [5, 5.41) is 20.3. The largest absolute Gasteiger partial charge is 0.492 e. The van der Waals surface area contributed by atoms with Crippen molar-refractivity contribution in [2.75, 3.05) is 24.7 Å². The Balaban J connectivity index is 1.21. The van der Waals surface area contributed by atoms with Gasteiger partial charge in [0.25, 0.3) is 0 Å². The molecule has 2 heterocycles. The Morgan fingerprint density at radius 3 is 2.48 bits per heavy atom. The van der Waals surface area contributed by atoms with E-state index in [0.717, 1.165) is 33.4 Å². The number of rotatable bonds is 8. The Hall–Kier alpha value is -3.63. The highest BCUT2D eigenvalue weighted by atomic mass is 32.2. The molecule has 44 heavy (non-hydrogen) atoms. The van der Waals surface area contributed by atoms with Crippen LogP contribution in [0, 0.1) is 25.6 Å². The average Bonchev–Trinajstić information content (AvgIpc) is 3.59. The van der Waals surface area contributed by atoms with E-state index in [1.165, 1.54) is 6.07 Å². The van der Waals surface area contributed by atoms with Crippen molar-refractivity contribution in [2.24, 2.45) is 5.92 Å². The summed E-state index contributed by atoms with van der Waals surface area (Å²) in [6, 6.07) is 12.5. The number of hydrogen-bond acceptors (Lipinski definition) is 7. The van der Waals surface area contributed by atoms with Gasteiger partial charge in [-0.1, -0.05) is 19.1 Å². The second-order valence-corrected chi connectivity index (χ2v) is 14.8. The zero-order chi connectivity index (χ0) is 31.4. The quantitative estimate of drug-likeness (QED) is 0.328. The summed E-state index contributed by atoms with van der Waals surface area (Å²) in [5.74, 6) is -0.360. The highest BCUT2D eigenvalue weighted by Gasteiger charge is 2.37. The minimum atomic E-state index is -3.10. The minimum absolute atomic E-state index is 0.0126. The van der Waals surface area contributed by atoms with Crippen LogP contribution in [0.15, 0.2) is 42.5 Å². The molecule has 1 saturated heterocycles. The first-order valence-electron chi connectivity index (χ1n) is 15.0. The Bertz CT molecular complexity index is 1700. The molecule has 0 bridgehead atoms. The van der Waals surface area contributed by atoms with E-state index in [2.05, 4.69) is 0 Å². The van der Waals surface area contributed by atoms with E-state index >= 15 is 4.39 Å². The fourth-order valence-electron chi connectivity index (χ4n) is 6.78. The molecule has 0 saturated carbocycles. The summed E-state index contributed by atoms with van der Waals surface area (Å²) < 4.78 is 57.0. The van der Waals surface area contributed by atoms with Crippen molar-refractivity contribution >= 4 is 15.8 Å². The van der Waals surface area contributed by atoms with Crippen molar-refractivity contribution in [2.45, 2.75) is 64.1 Å². The van der Waals surface area contributed by atoms with E-state index in [4.69, 9.17) is 14.2 Å². The number of aliphatic hydroxyl groups is 1. The van der Waals surface area contributed by atoms with Gasteiger partial charge >= 0.3 is 5.97 Å². The molecular formula is C34H37FO8S. The van der Waals surface area contributed by atoms with E-state index in [9.17, 15) is 23.4 Å². The van der Waals surface area contributed by atoms with Gasteiger partial charge in [-0.2, -0.15) is 0 Å². The number of sulfone groups is 1. The molecule has 0 radical (unpaired) electrons. The molecule has 10 heteroatoms. The Morgan fingerprint density at radius 2 is 1.80 bits per heavy atom. The van der Waals surface area contributed by atoms with Crippen LogP contribution in [0.1, 0.15) is 66.0 Å². The topological polar surface area (TPSA) is 119 Å². The second-order valence-electron chi connectivity index (χ2n) is 12.5. The van der Waals surface area contributed by atoms with E-state index in [1.54, 1.807) is 19.1 Å². The summed E-state index contributed by atoms with van der Waals surface area (Å²) >= 11 is 0. The van der Waals surface area contributed by atoms with Crippen molar-refractivity contribution in [1.82, 2.24) is 0 Å². The number of aliphatic carboxylic acids is 1. The molecule has 3 aromatic rings. The van der Waals surface area contributed by atoms with Crippen LogP contribution in [0.25, 0.3) is 11.1 Å². The average molecular weight is 625 g/mol. The van der Waals surface area contributed by atoms with Crippen molar-refractivity contribution in [3.8, 4) is 28.4 Å². The highest BCUT2D eigenvalue weighted by Crippen LogP contribution is 2.46. The molecule has 0 amide bonds. The van der Waals surface area contributed by atoms with E-state index in [1.807, 2.05) is 38.1 Å². The Kier molecular flexibility index (Phi) is 7.86. The molecule has 2 aliphatic heterocycles. The van der Waals surface area contributed by atoms with Crippen LogP contribution >= 0.6 is 0 Å². The van der Waals surface area contributed by atoms with Gasteiger partial charge in [-0.3, -0.25) is 4.79 Å². The maximum atomic E-state index is 15.4. The number of carboxylic acid groups (broad SMARTS) is 1. The van der Waals surface area contributed by atoms with E-state index in [0.29, 0.717) is 42.3 Å². The number of carbonyl (C=O) groups is 1. The van der Waals surface area contributed by atoms with E-state index in [-0.39, 0.29) is 42.7 Å². The van der Waals surface area contributed by atoms with Crippen LogP contribution in [0.4, 0.5) is 4.39 Å². The first-order valence-corrected chi connectivity index (χ1v) is 16.8. The first kappa shape index (κ1) is 30.4. The zero-order valence-corrected chi connectivity index (χ0v) is 25.9. The third kappa shape index (κ3) is 5.77. The molecule has 1 fully saturated rings. The van der Waals surface area contributed by atoms with Crippen LogP contribution in [0.2, 0.25) is 0 Å². The summed E-state index contributed by atoms with van der Waals surface area (Å²) in [6.45, 7) is 5.92. The van der Waals surface area contributed by atoms with Gasteiger partial charge in [0.1, 0.15) is 41.4 Å².